The smallest absolute Gasteiger partial charge is 0.319 e. The predicted octanol–water partition coefficient (Wildman–Crippen LogP) is 4.24. The highest BCUT2D eigenvalue weighted by molar-refractivity contribution is 7.92. The van der Waals surface area contributed by atoms with Crippen molar-refractivity contribution in [2.75, 3.05) is 5.32 Å². The lowest BCUT2D eigenvalue weighted by Gasteiger charge is -2.23. The van der Waals surface area contributed by atoms with Crippen LogP contribution < -0.4 is 10.6 Å². The Hall–Kier alpha value is -1.77. The van der Waals surface area contributed by atoms with Gasteiger partial charge >= 0.3 is 6.03 Å². The minimum atomic E-state index is -3.70. The Morgan fingerprint density at radius 1 is 1.22 bits per heavy atom. The molecule has 2 aliphatic rings. The van der Waals surface area contributed by atoms with Crippen LogP contribution in [0.4, 0.5) is 10.5 Å². The molecule has 0 bridgehead atoms. The molecule has 0 spiro atoms. The molecule has 2 aliphatic carbocycles. The molecular weight excluding hydrogens is 408 g/mol. The quantitative estimate of drug-likeness (QED) is 0.637. The van der Waals surface area contributed by atoms with E-state index in [2.05, 4.69) is 16.7 Å². The number of aromatic hydroxyl groups is 1. The Morgan fingerprint density at radius 3 is 2.74 bits per heavy atom. The number of phenols is 1. The van der Waals surface area contributed by atoms with Crippen LogP contribution in [0, 0.1) is 0 Å². The number of carbonyl (C=O) groups excluding carboxylic acids is 1. The molecule has 0 saturated heterocycles. The second-order valence-electron chi connectivity index (χ2n) is 6.87. The van der Waals surface area contributed by atoms with Crippen LogP contribution in [0.25, 0.3) is 0 Å². The molecule has 4 rings (SSSR count). The van der Waals surface area contributed by atoms with E-state index in [1.807, 2.05) is 5.38 Å². The minimum Gasteiger partial charge on any atom is -0.504 e. The van der Waals surface area contributed by atoms with E-state index in [1.54, 1.807) is 11.3 Å². The first-order chi connectivity index (χ1) is 12.9. The van der Waals surface area contributed by atoms with Crippen molar-refractivity contribution in [3.05, 3.63) is 39.0 Å². The Kier molecular flexibility index (Phi) is 4.82. The molecule has 1 aromatic heterocycles. The largest absolute Gasteiger partial charge is 0.504 e. The average molecular weight is 427 g/mol. The van der Waals surface area contributed by atoms with Crippen LogP contribution in [0.2, 0.25) is 5.02 Å². The number of rotatable bonds is 4. The van der Waals surface area contributed by atoms with Gasteiger partial charge < -0.3 is 15.7 Å². The van der Waals surface area contributed by atoms with Gasteiger partial charge in [-0.15, -0.1) is 11.3 Å². The van der Waals surface area contributed by atoms with Crippen molar-refractivity contribution in [2.24, 2.45) is 0 Å². The molecule has 144 valence electrons. The number of sulfone groups is 1. The Morgan fingerprint density at radius 2 is 2.00 bits per heavy atom. The molecule has 9 heteroatoms. The lowest BCUT2D eigenvalue weighted by atomic mass is 9.95. The van der Waals surface area contributed by atoms with E-state index in [-0.39, 0.29) is 21.6 Å². The van der Waals surface area contributed by atoms with Crippen molar-refractivity contribution in [3.63, 3.8) is 0 Å². The van der Waals surface area contributed by atoms with Crippen LogP contribution in [0.5, 0.6) is 5.75 Å². The third-order valence-electron chi connectivity index (χ3n) is 4.92. The number of benzene rings is 1. The summed E-state index contributed by atoms with van der Waals surface area (Å²) in [5.74, 6) is -0.509. The van der Waals surface area contributed by atoms with Gasteiger partial charge in [0.15, 0.2) is 15.6 Å². The maximum atomic E-state index is 12.5. The first-order valence-corrected chi connectivity index (χ1v) is 11.6. The zero-order chi connectivity index (χ0) is 19.2. The highest BCUT2D eigenvalue weighted by Gasteiger charge is 2.40. The summed E-state index contributed by atoms with van der Waals surface area (Å²) in [5, 5.41) is 17.4. The molecule has 1 atom stereocenters. The highest BCUT2D eigenvalue weighted by atomic mass is 35.5. The average Bonchev–Trinajstić information content (AvgIpc) is 3.36. The van der Waals surface area contributed by atoms with Gasteiger partial charge in [0.05, 0.1) is 22.0 Å². The van der Waals surface area contributed by atoms with Crippen LogP contribution in [0.1, 0.15) is 42.2 Å². The van der Waals surface area contributed by atoms with E-state index >= 15 is 0 Å². The normalized spacial score (nSPS) is 19.4. The Labute approximate surface area is 166 Å². The van der Waals surface area contributed by atoms with Gasteiger partial charge in [-0.25, -0.2) is 13.2 Å². The maximum Gasteiger partial charge on any atom is 0.319 e. The summed E-state index contributed by atoms with van der Waals surface area (Å²) in [7, 11) is -3.70. The molecular formula is C18H19ClN2O4S2. The summed E-state index contributed by atoms with van der Waals surface area (Å²) in [5.41, 5.74) is 1.28. The Bertz CT molecular complexity index is 999. The summed E-state index contributed by atoms with van der Waals surface area (Å²) in [4.78, 5) is 13.3. The third-order valence-corrected chi connectivity index (χ3v) is 8.75. The van der Waals surface area contributed by atoms with Crippen molar-refractivity contribution in [1.82, 2.24) is 5.32 Å². The number of fused-ring (bicyclic) bond motifs is 1. The van der Waals surface area contributed by atoms with Crippen LogP contribution in [0.3, 0.4) is 0 Å². The molecule has 0 radical (unpaired) electrons. The van der Waals surface area contributed by atoms with Gasteiger partial charge in [0, 0.05) is 4.88 Å². The molecule has 2 aromatic rings. The highest BCUT2D eigenvalue weighted by Crippen LogP contribution is 2.43. The number of anilines is 1. The van der Waals surface area contributed by atoms with Gasteiger partial charge in [-0.2, -0.15) is 0 Å². The number of carbonyl (C=O) groups is 1. The van der Waals surface area contributed by atoms with E-state index < -0.39 is 26.9 Å². The molecule has 3 N–H and O–H groups in total. The summed E-state index contributed by atoms with van der Waals surface area (Å²) in [6.07, 6.45) is 3.96. The Balaban J connectivity index is 1.54. The maximum absolute atomic E-state index is 12.5. The topological polar surface area (TPSA) is 95.5 Å². The molecule has 1 unspecified atom stereocenters. The number of phenolic OH excluding ortho intramolecular Hbond substituents is 1. The molecule has 2 amide bonds. The van der Waals surface area contributed by atoms with Gasteiger partial charge in [0.2, 0.25) is 0 Å². The molecule has 1 heterocycles. The second kappa shape index (κ2) is 7.00. The van der Waals surface area contributed by atoms with E-state index in [4.69, 9.17) is 11.6 Å². The van der Waals surface area contributed by atoms with E-state index in [0.29, 0.717) is 12.8 Å². The summed E-state index contributed by atoms with van der Waals surface area (Å²) < 4.78 is 25.1. The van der Waals surface area contributed by atoms with Crippen molar-refractivity contribution in [1.29, 1.82) is 0 Å². The van der Waals surface area contributed by atoms with Crippen LogP contribution in [-0.4, -0.2) is 24.8 Å². The number of urea groups is 1. The molecule has 0 aliphatic heterocycles. The zero-order valence-corrected chi connectivity index (χ0v) is 16.8. The van der Waals surface area contributed by atoms with Crippen molar-refractivity contribution in [3.8, 4) is 5.75 Å². The van der Waals surface area contributed by atoms with Gasteiger partial charge in [0.25, 0.3) is 0 Å². The summed E-state index contributed by atoms with van der Waals surface area (Å²) >= 11 is 7.64. The van der Waals surface area contributed by atoms with Gasteiger partial charge in [-0.1, -0.05) is 11.6 Å². The number of nitrogens with one attached hydrogen (secondary N) is 2. The van der Waals surface area contributed by atoms with E-state index in [0.717, 1.165) is 24.1 Å². The molecule has 1 fully saturated rings. The fourth-order valence-electron chi connectivity index (χ4n) is 3.40. The lowest BCUT2D eigenvalue weighted by molar-refractivity contribution is 0.247. The van der Waals surface area contributed by atoms with Gasteiger partial charge in [0.1, 0.15) is 4.90 Å². The van der Waals surface area contributed by atoms with Crippen molar-refractivity contribution < 1.29 is 18.3 Å². The van der Waals surface area contributed by atoms with Crippen LogP contribution in [0.15, 0.2) is 28.5 Å². The number of thiophene rings is 1. The molecule has 27 heavy (non-hydrogen) atoms. The monoisotopic (exact) mass is 426 g/mol. The SMILES string of the molecule is O=C(Nc1ccc(Cl)c(S(=O)(=O)C2CC2)c1O)NC1CCCc2ccsc21. The first kappa shape index (κ1) is 18.6. The van der Waals surface area contributed by atoms with Crippen LogP contribution in [-0.2, 0) is 16.3 Å². The fraction of sp³-hybridized carbons (Fsp3) is 0.389. The number of aryl methyl sites for hydroxylation is 1. The number of amides is 2. The molecule has 1 saturated carbocycles. The second-order valence-corrected chi connectivity index (χ2v) is 10.4. The molecule has 6 nitrogen and oxygen atoms in total. The van der Waals surface area contributed by atoms with Crippen molar-refractivity contribution in [2.45, 2.75) is 48.3 Å². The third kappa shape index (κ3) is 3.53. The summed E-state index contributed by atoms with van der Waals surface area (Å²) in [6.45, 7) is 0. The van der Waals surface area contributed by atoms with E-state index in [1.165, 1.54) is 17.7 Å². The number of halogens is 1. The zero-order valence-electron chi connectivity index (χ0n) is 14.4. The van der Waals surface area contributed by atoms with E-state index in [9.17, 15) is 18.3 Å². The van der Waals surface area contributed by atoms with Crippen LogP contribution >= 0.6 is 22.9 Å². The standard InChI is InChI=1S/C18H19ClN2O4S2/c19-12-6-7-13(15(22)17(12)27(24,25)11-4-5-11)20-18(23)21-14-3-1-2-10-8-9-26-16(10)14/h6-9,11,14,22H,1-5H2,(H2,20,21,23). The minimum absolute atomic E-state index is 0.0262. The number of hydrogen-bond acceptors (Lipinski definition) is 5. The fourth-order valence-corrected chi connectivity index (χ4v) is 6.73. The van der Waals surface area contributed by atoms with Gasteiger partial charge in [-0.3, -0.25) is 0 Å². The lowest BCUT2D eigenvalue weighted by Crippen LogP contribution is -2.33. The summed E-state index contributed by atoms with van der Waals surface area (Å²) in [6, 6.07) is 4.28. The van der Waals surface area contributed by atoms with Gasteiger partial charge in [-0.05, 0) is 61.2 Å². The first-order valence-electron chi connectivity index (χ1n) is 8.77. The predicted molar refractivity (Wildman–Crippen MR) is 105 cm³/mol. The number of hydrogen-bond donors (Lipinski definition) is 3. The van der Waals surface area contributed by atoms with Crippen molar-refractivity contribution >= 4 is 44.5 Å². The molecule has 1 aromatic carbocycles.